The van der Waals surface area contributed by atoms with E-state index in [0.717, 1.165) is 23.9 Å². The van der Waals surface area contributed by atoms with E-state index in [9.17, 15) is 14.4 Å². The largest absolute Gasteiger partial charge is 0.358 e. The van der Waals surface area contributed by atoms with Crippen molar-refractivity contribution in [2.75, 3.05) is 11.1 Å². The lowest BCUT2D eigenvalue weighted by atomic mass is 10.1. The molecular weight excluding hydrogens is 468 g/mol. The lowest BCUT2D eigenvalue weighted by Gasteiger charge is -2.05. The van der Waals surface area contributed by atoms with E-state index in [0.29, 0.717) is 37.7 Å². The number of fused-ring (bicyclic) bond motifs is 1. The zero-order valence-electron chi connectivity index (χ0n) is 18.4. The maximum Gasteiger partial charge on any atom is 0.297 e. The van der Waals surface area contributed by atoms with Crippen molar-refractivity contribution in [3.05, 3.63) is 65.9 Å². The zero-order valence-corrected chi connectivity index (χ0v) is 20.0. The molecule has 0 saturated heterocycles. The Morgan fingerprint density at radius 1 is 1.09 bits per heavy atom. The minimum absolute atomic E-state index is 0.0282. The average molecular weight is 491 g/mol. The first-order valence-electron chi connectivity index (χ1n) is 10.9. The lowest BCUT2D eigenvalue weighted by Crippen LogP contribution is -2.26. The summed E-state index contributed by atoms with van der Waals surface area (Å²) in [5.41, 5.74) is 3.21. The molecule has 2 aromatic carbocycles. The molecule has 9 heteroatoms. The Balaban J connectivity index is 1.39. The molecule has 0 unspecified atom stereocenters. The van der Waals surface area contributed by atoms with Gasteiger partial charge >= 0.3 is 0 Å². The number of ketones is 1. The van der Waals surface area contributed by atoms with Crippen LogP contribution in [0.2, 0.25) is 0 Å². The van der Waals surface area contributed by atoms with Crippen LogP contribution in [-0.4, -0.2) is 39.4 Å². The number of para-hydroxylation sites is 1. The normalized spacial score (nSPS) is 13.1. The van der Waals surface area contributed by atoms with Crippen LogP contribution in [0.1, 0.15) is 28.9 Å². The van der Waals surface area contributed by atoms with Crippen LogP contribution in [0.25, 0.3) is 22.2 Å². The van der Waals surface area contributed by atoms with Crippen LogP contribution in [0.3, 0.4) is 0 Å². The first-order chi connectivity index (χ1) is 16.5. The van der Waals surface area contributed by atoms with E-state index in [1.807, 2.05) is 54.6 Å². The maximum absolute atomic E-state index is 13.1. The number of rotatable bonds is 8. The minimum atomic E-state index is -0.725. The maximum atomic E-state index is 13.1. The number of amides is 2. The van der Waals surface area contributed by atoms with Gasteiger partial charge in [0.05, 0.1) is 11.3 Å². The van der Waals surface area contributed by atoms with Crippen molar-refractivity contribution in [1.82, 2.24) is 15.3 Å². The molecule has 2 heterocycles. The van der Waals surface area contributed by atoms with Crippen molar-refractivity contribution >= 4 is 56.6 Å². The molecule has 1 fully saturated rings. The first-order valence-corrected chi connectivity index (χ1v) is 12.7. The molecule has 2 amide bonds. The van der Waals surface area contributed by atoms with Crippen molar-refractivity contribution in [1.29, 1.82) is 0 Å². The van der Waals surface area contributed by atoms with Crippen LogP contribution in [0.15, 0.2) is 58.9 Å². The smallest absolute Gasteiger partial charge is 0.297 e. The number of nitrogens with one attached hydrogen (secondary N) is 3. The summed E-state index contributed by atoms with van der Waals surface area (Å²) in [6.07, 6.45) is 2.07. The molecule has 2 aromatic heterocycles. The van der Waals surface area contributed by atoms with Crippen LogP contribution < -0.4 is 10.6 Å². The molecule has 4 aromatic rings. The van der Waals surface area contributed by atoms with E-state index in [-0.39, 0.29) is 11.7 Å². The number of hydrogen-bond acceptors (Lipinski definition) is 6. The lowest BCUT2D eigenvalue weighted by molar-refractivity contribution is -0.118. The number of anilines is 1. The molecule has 1 saturated carbocycles. The Morgan fingerprint density at radius 3 is 2.59 bits per heavy atom. The summed E-state index contributed by atoms with van der Waals surface area (Å²) in [4.78, 5) is 46.1. The molecule has 0 aliphatic heterocycles. The highest BCUT2D eigenvalue weighted by Gasteiger charge is 2.26. The number of aromatic nitrogens is 2. The summed E-state index contributed by atoms with van der Waals surface area (Å²) in [6.45, 7) is 1.78. The summed E-state index contributed by atoms with van der Waals surface area (Å²) >= 11 is 2.58. The van der Waals surface area contributed by atoms with Gasteiger partial charge in [-0.25, -0.2) is 4.98 Å². The summed E-state index contributed by atoms with van der Waals surface area (Å²) in [6, 6.07) is 17.2. The molecule has 0 radical (unpaired) electrons. The van der Waals surface area contributed by atoms with Crippen LogP contribution in [-0.2, 0) is 9.59 Å². The van der Waals surface area contributed by atoms with E-state index < -0.39 is 11.7 Å². The van der Waals surface area contributed by atoms with Gasteiger partial charge in [0.1, 0.15) is 10.7 Å². The number of H-pyrrole nitrogens is 1. The summed E-state index contributed by atoms with van der Waals surface area (Å²) in [5.74, 6) is -1.12. The second kappa shape index (κ2) is 9.44. The third-order valence-corrected chi connectivity index (χ3v) is 7.59. The molecule has 7 nitrogen and oxygen atoms in total. The highest BCUT2D eigenvalue weighted by atomic mass is 32.2. The number of aryl methyl sites for hydroxylation is 1. The monoisotopic (exact) mass is 490 g/mol. The van der Waals surface area contributed by atoms with Crippen LogP contribution in [0.5, 0.6) is 0 Å². The number of hydrogen-bond donors (Lipinski definition) is 3. The molecule has 0 atom stereocenters. The van der Waals surface area contributed by atoms with Gasteiger partial charge in [0, 0.05) is 28.2 Å². The second-order valence-corrected chi connectivity index (χ2v) is 10.3. The van der Waals surface area contributed by atoms with E-state index in [4.69, 9.17) is 0 Å². The molecule has 1 aliphatic rings. The van der Waals surface area contributed by atoms with Gasteiger partial charge in [-0.1, -0.05) is 71.6 Å². The van der Waals surface area contributed by atoms with Gasteiger partial charge in [0.25, 0.3) is 11.7 Å². The Bertz CT molecular complexity index is 1390. The predicted octanol–water partition coefficient (Wildman–Crippen LogP) is 4.79. The predicted molar refractivity (Wildman–Crippen MR) is 135 cm³/mol. The van der Waals surface area contributed by atoms with Crippen molar-refractivity contribution in [3.8, 4) is 11.3 Å². The summed E-state index contributed by atoms with van der Waals surface area (Å²) in [5, 5.41) is 6.93. The number of thiazole rings is 1. The zero-order chi connectivity index (χ0) is 23.7. The second-order valence-electron chi connectivity index (χ2n) is 8.11. The highest BCUT2D eigenvalue weighted by Crippen LogP contribution is 2.38. The average Bonchev–Trinajstić information content (AvgIpc) is 3.46. The number of Topliss-reactive ketones (excluding diaryl/α,β-unsaturated/α-hetero) is 1. The molecule has 0 spiro atoms. The van der Waals surface area contributed by atoms with Gasteiger partial charge in [-0.05, 0) is 25.8 Å². The number of benzene rings is 2. The van der Waals surface area contributed by atoms with Crippen molar-refractivity contribution in [2.45, 2.75) is 30.1 Å². The minimum Gasteiger partial charge on any atom is -0.358 e. The number of aromatic amines is 1. The molecular formula is C25H22N4O3S2. The van der Waals surface area contributed by atoms with Crippen LogP contribution in [0, 0.1) is 6.92 Å². The van der Waals surface area contributed by atoms with Crippen LogP contribution in [0.4, 0.5) is 5.00 Å². The van der Waals surface area contributed by atoms with Gasteiger partial charge in [0.2, 0.25) is 5.91 Å². The highest BCUT2D eigenvalue weighted by molar-refractivity contribution is 8.01. The Labute approximate surface area is 204 Å². The quantitative estimate of drug-likeness (QED) is 0.187. The summed E-state index contributed by atoms with van der Waals surface area (Å²) < 4.78 is 0.649. The van der Waals surface area contributed by atoms with Gasteiger partial charge in [-0.15, -0.1) is 0 Å². The molecule has 172 valence electrons. The topological polar surface area (TPSA) is 104 Å². The summed E-state index contributed by atoms with van der Waals surface area (Å²) in [7, 11) is 0. The molecule has 0 bridgehead atoms. The Hall–Kier alpha value is -3.43. The molecule has 34 heavy (non-hydrogen) atoms. The van der Waals surface area contributed by atoms with Gasteiger partial charge in [-0.3, -0.25) is 14.4 Å². The van der Waals surface area contributed by atoms with Gasteiger partial charge in [-0.2, -0.15) is 0 Å². The van der Waals surface area contributed by atoms with E-state index in [2.05, 4.69) is 20.6 Å². The van der Waals surface area contributed by atoms with E-state index in [1.54, 1.807) is 6.92 Å². The van der Waals surface area contributed by atoms with E-state index in [1.165, 1.54) is 23.1 Å². The molecule has 5 rings (SSSR count). The molecule has 1 aliphatic carbocycles. The van der Waals surface area contributed by atoms with Crippen molar-refractivity contribution < 1.29 is 14.4 Å². The number of nitrogens with zero attached hydrogens (tertiary/aromatic N) is 1. The number of thioether (sulfide) groups is 1. The van der Waals surface area contributed by atoms with Crippen molar-refractivity contribution in [3.63, 3.8) is 0 Å². The Morgan fingerprint density at radius 2 is 1.82 bits per heavy atom. The third kappa shape index (κ3) is 4.76. The SMILES string of the molecule is Cc1[nH]c2ccccc2c1C(=O)C(=O)Nc1sc(SCC(=O)NC2CC2)nc1-c1ccccc1. The van der Waals surface area contributed by atoms with E-state index >= 15 is 0 Å². The molecule has 3 N–H and O–H groups in total. The van der Waals surface area contributed by atoms with Crippen molar-refractivity contribution in [2.24, 2.45) is 0 Å². The first kappa shape index (κ1) is 22.4. The van der Waals surface area contributed by atoms with Crippen LogP contribution >= 0.6 is 23.1 Å². The standard InChI is InChI=1S/C25H22N4O3S2/c1-14-20(17-9-5-6-10-18(17)26-14)22(31)23(32)29-24-21(15-7-3-2-4-8-15)28-25(34-24)33-13-19(30)27-16-11-12-16/h2-10,16,26H,11-13H2,1H3,(H,27,30)(H,29,32). The number of carbonyl (C=O) groups excluding carboxylic acids is 3. The fraction of sp³-hybridized carbons (Fsp3) is 0.200. The Kier molecular flexibility index (Phi) is 6.21. The fourth-order valence-electron chi connectivity index (χ4n) is 3.71. The third-order valence-electron chi connectivity index (χ3n) is 5.48. The van der Waals surface area contributed by atoms with Gasteiger partial charge in [0.15, 0.2) is 4.34 Å². The van der Waals surface area contributed by atoms with Gasteiger partial charge < -0.3 is 15.6 Å². The fourth-order valence-corrected chi connectivity index (χ4v) is 5.58. The number of carbonyl (C=O) groups is 3.